The molecule has 1 saturated heterocycles. The van der Waals surface area contributed by atoms with Gasteiger partial charge in [-0.1, -0.05) is 23.2 Å². The number of benzene rings is 1. The molecule has 7 heteroatoms. The lowest BCUT2D eigenvalue weighted by atomic mass is 10.2. The van der Waals surface area contributed by atoms with Crippen LogP contribution in [0, 0.1) is 0 Å². The first kappa shape index (κ1) is 16.1. The summed E-state index contributed by atoms with van der Waals surface area (Å²) in [4.78, 5) is 18.6. The van der Waals surface area contributed by atoms with Crippen LogP contribution in [0.1, 0.15) is 10.5 Å². The Morgan fingerprint density at radius 2 is 1.96 bits per heavy atom. The number of nitrogens with one attached hydrogen (secondary N) is 1. The highest BCUT2D eigenvalue weighted by molar-refractivity contribution is 6.36. The van der Waals surface area contributed by atoms with Crippen molar-refractivity contribution >= 4 is 40.5 Å². The van der Waals surface area contributed by atoms with Crippen LogP contribution in [0.25, 0.3) is 0 Å². The summed E-state index contributed by atoms with van der Waals surface area (Å²) in [6.45, 7) is 3.07. The first-order chi connectivity index (χ1) is 11.1. The third-order valence-corrected chi connectivity index (χ3v) is 4.08. The fraction of sp³-hybridized carbons (Fsp3) is 0.250. The molecule has 0 spiro atoms. The summed E-state index contributed by atoms with van der Waals surface area (Å²) in [6, 6.07) is 8.48. The van der Waals surface area contributed by atoms with E-state index in [1.165, 1.54) is 0 Å². The number of amides is 1. The van der Waals surface area contributed by atoms with E-state index in [-0.39, 0.29) is 5.91 Å². The number of nitrogens with zero attached hydrogens (tertiary/aromatic N) is 2. The average Bonchev–Trinajstić information content (AvgIpc) is 2.58. The molecule has 1 aromatic heterocycles. The van der Waals surface area contributed by atoms with E-state index in [2.05, 4.69) is 15.2 Å². The molecule has 1 N–H and O–H groups in total. The van der Waals surface area contributed by atoms with Gasteiger partial charge in [0.15, 0.2) is 0 Å². The summed E-state index contributed by atoms with van der Waals surface area (Å²) in [5.74, 6) is -0.317. The molecule has 0 saturated carbocycles. The number of halogens is 2. The molecule has 1 aliphatic rings. The molecule has 2 heterocycles. The van der Waals surface area contributed by atoms with E-state index in [0.29, 0.717) is 34.6 Å². The number of pyridine rings is 1. The predicted molar refractivity (Wildman–Crippen MR) is 91.7 cm³/mol. The van der Waals surface area contributed by atoms with E-state index in [1.807, 2.05) is 6.07 Å². The minimum absolute atomic E-state index is 0.317. The highest BCUT2D eigenvalue weighted by Gasteiger charge is 2.14. The Labute approximate surface area is 144 Å². The van der Waals surface area contributed by atoms with Gasteiger partial charge in [-0.3, -0.25) is 4.79 Å². The van der Waals surface area contributed by atoms with Crippen LogP contribution in [-0.2, 0) is 4.74 Å². The molecule has 2 aromatic rings. The molecule has 1 aliphatic heterocycles. The number of hydrogen-bond donors (Lipinski definition) is 1. The molecule has 1 fully saturated rings. The second kappa shape index (κ2) is 7.17. The van der Waals surface area contributed by atoms with Gasteiger partial charge in [0.1, 0.15) is 5.69 Å². The van der Waals surface area contributed by atoms with Crippen molar-refractivity contribution in [2.24, 2.45) is 0 Å². The van der Waals surface area contributed by atoms with Crippen LogP contribution in [0.4, 0.5) is 11.4 Å². The van der Waals surface area contributed by atoms with E-state index >= 15 is 0 Å². The van der Waals surface area contributed by atoms with Gasteiger partial charge in [0, 0.05) is 18.1 Å². The zero-order valence-corrected chi connectivity index (χ0v) is 13.8. The van der Waals surface area contributed by atoms with E-state index in [9.17, 15) is 4.79 Å². The van der Waals surface area contributed by atoms with Crippen LogP contribution in [0.15, 0.2) is 36.5 Å². The van der Waals surface area contributed by atoms with Gasteiger partial charge in [0.25, 0.3) is 5.91 Å². The average molecular weight is 352 g/mol. The molecule has 5 nitrogen and oxygen atoms in total. The maximum Gasteiger partial charge on any atom is 0.274 e. The van der Waals surface area contributed by atoms with Gasteiger partial charge >= 0.3 is 0 Å². The van der Waals surface area contributed by atoms with Crippen molar-refractivity contribution in [3.8, 4) is 0 Å². The van der Waals surface area contributed by atoms with Gasteiger partial charge in [-0.05, 0) is 30.3 Å². The van der Waals surface area contributed by atoms with Crippen LogP contribution in [0.3, 0.4) is 0 Å². The third kappa shape index (κ3) is 3.93. The van der Waals surface area contributed by atoms with Gasteiger partial charge in [0.2, 0.25) is 0 Å². The molecule has 1 amide bonds. The van der Waals surface area contributed by atoms with Gasteiger partial charge in [-0.25, -0.2) is 4.98 Å². The maximum atomic E-state index is 12.2. The molecule has 0 radical (unpaired) electrons. The Hall–Kier alpha value is -1.82. The Balaban J connectivity index is 1.69. The van der Waals surface area contributed by atoms with Gasteiger partial charge in [-0.15, -0.1) is 0 Å². The zero-order chi connectivity index (χ0) is 16.2. The first-order valence-electron chi connectivity index (χ1n) is 7.18. The maximum absolute atomic E-state index is 12.2. The molecule has 0 bridgehead atoms. The SMILES string of the molecule is O=C(Nc1ccc(Cl)cc1Cl)c1ccc(N2CCOCC2)cn1. The van der Waals surface area contributed by atoms with Crippen LogP contribution < -0.4 is 10.2 Å². The van der Waals surface area contributed by atoms with Crippen LogP contribution in [-0.4, -0.2) is 37.2 Å². The van der Waals surface area contributed by atoms with Crippen molar-refractivity contribution in [3.05, 3.63) is 52.3 Å². The van der Waals surface area contributed by atoms with Gasteiger partial charge < -0.3 is 15.0 Å². The Bertz CT molecular complexity index is 701. The number of carbonyl (C=O) groups excluding carboxylic acids is 1. The lowest BCUT2D eigenvalue weighted by Crippen LogP contribution is -2.36. The fourth-order valence-corrected chi connectivity index (χ4v) is 2.76. The molecule has 1 aromatic carbocycles. The zero-order valence-electron chi connectivity index (χ0n) is 12.3. The molecule has 0 unspecified atom stereocenters. The van der Waals surface area contributed by atoms with E-state index in [1.54, 1.807) is 30.5 Å². The topological polar surface area (TPSA) is 54.5 Å². The predicted octanol–water partition coefficient (Wildman–Crippen LogP) is 3.48. The molecule has 120 valence electrons. The lowest BCUT2D eigenvalue weighted by Gasteiger charge is -2.28. The van der Waals surface area contributed by atoms with Crippen molar-refractivity contribution < 1.29 is 9.53 Å². The van der Waals surface area contributed by atoms with Crippen molar-refractivity contribution in [2.45, 2.75) is 0 Å². The third-order valence-electron chi connectivity index (χ3n) is 3.54. The largest absolute Gasteiger partial charge is 0.378 e. The number of carbonyl (C=O) groups is 1. The van der Waals surface area contributed by atoms with Crippen LogP contribution in [0.5, 0.6) is 0 Å². The second-order valence-corrected chi connectivity index (χ2v) is 5.92. The minimum atomic E-state index is -0.317. The van der Waals surface area contributed by atoms with Crippen LogP contribution >= 0.6 is 23.2 Å². The van der Waals surface area contributed by atoms with Crippen molar-refractivity contribution in [1.82, 2.24) is 4.98 Å². The number of rotatable bonds is 3. The van der Waals surface area contributed by atoms with Crippen molar-refractivity contribution in [3.63, 3.8) is 0 Å². The van der Waals surface area contributed by atoms with E-state index in [0.717, 1.165) is 18.8 Å². The monoisotopic (exact) mass is 351 g/mol. The highest BCUT2D eigenvalue weighted by Crippen LogP contribution is 2.25. The summed E-state index contributed by atoms with van der Waals surface area (Å²) in [5.41, 5.74) is 1.81. The molecule has 23 heavy (non-hydrogen) atoms. The summed E-state index contributed by atoms with van der Waals surface area (Å²) in [7, 11) is 0. The molecule has 0 aliphatic carbocycles. The second-order valence-electron chi connectivity index (χ2n) is 5.08. The van der Waals surface area contributed by atoms with Crippen LogP contribution in [0.2, 0.25) is 10.0 Å². The van der Waals surface area contributed by atoms with E-state index < -0.39 is 0 Å². The smallest absolute Gasteiger partial charge is 0.274 e. The first-order valence-corrected chi connectivity index (χ1v) is 7.94. The van der Waals surface area contributed by atoms with Gasteiger partial charge in [-0.2, -0.15) is 0 Å². The number of anilines is 2. The summed E-state index contributed by atoms with van der Waals surface area (Å²) in [6.07, 6.45) is 1.70. The highest BCUT2D eigenvalue weighted by atomic mass is 35.5. The summed E-state index contributed by atoms with van der Waals surface area (Å²) in [5, 5.41) is 3.63. The normalized spacial score (nSPS) is 14.6. The van der Waals surface area contributed by atoms with Gasteiger partial charge in [0.05, 0.1) is 35.8 Å². The summed E-state index contributed by atoms with van der Waals surface area (Å²) < 4.78 is 5.32. The Morgan fingerprint density at radius 3 is 2.61 bits per heavy atom. The Morgan fingerprint density at radius 1 is 1.17 bits per heavy atom. The fourth-order valence-electron chi connectivity index (χ4n) is 2.31. The number of hydrogen-bond acceptors (Lipinski definition) is 4. The number of aromatic nitrogens is 1. The lowest BCUT2D eigenvalue weighted by molar-refractivity contribution is 0.102. The Kier molecular flexibility index (Phi) is 5.00. The molecule has 3 rings (SSSR count). The standard InChI is InChI=1S/C16H15Cl2N3O2/c17-11-1-3-14(13(18)9-11)20-16(22)15-4-2-12(10-19-15)21-5-7-23-8-6-21/h1-4,9-10H,5-8H2,(H,20,22). The molecular formula is C16H15Cl2N3O2. The molecule has 0 atom stereocenters. The van der Waals surface area contributed by atoms with E-state index in [4.69, 9.17) is 27.9 Å². The number of ether oxygens (including phenoxy) is 1. The molecular weight excluding hydrogens is 337 g/mol. The van der Waals surface area contributed by atoms with Crippen molar-refractivity contribution in [1.29, 1.82) is 0 Å². The van der Waals surface area contributed by atoms with Crippen molar-refractivity contribution in [2.75, 3.05) is 36.5 Å². The quantitative estimate of drug-likeness (QED) is 0.919. The number of morpholine rings is 1. The summed E-state index contributed by atoms with van der Waals surface area (Å²) >= 11 is 11.9. The minimum Gasteiger partial charge on any atom is -0.378 e.